The predicted octanol–water partition coefficient (Wildman–Crippen LogP) is 3.93. The Morgan fingerprint density at radius 3 is 2.04 bits per heavy atom. The highest BCUT2D eigenvalue weighted by atomic mass is 32.2. The second kappa shape index (κ2) is 7.01. The highest BCUT2D eigenvalue weighted by molar-refractivity contribution is 7.92. The van der Waals surface area contributed by atoms with Crippen LogP contribution in [0.5, 0.6) is 11.5 Å². The van der Waals surface area contributed by atoms with Crippen LogP contribution in [0.3, 0.4) is 0 Å². The van der Waals surface area contributed by atoms with Gasteiger partial charge in [-0.25, -0.2) is 8.42 Å². The first kappa shape index (κ1) is 18.1. The fraction of sp³-hybridized carbons (Fsp3) is 0.0952. The monoisotopic (exact) mass is 394 g/mol. The van der Waals surface area contributed by atoms with Gasteiger partial charge in [0.15, 0.2) is 0 Å². The van der Waals surface area contributed by atoms with Crippen LogP contribution in [-0.2, 0) is 14.8 Å². The van der Waals surface area contributed by atoms with Crippen LogP contribution in [-0.4, -0.2) is 20.6 Å². The van der Waals surface area contributed by atoms with Crippen molar-refractivity contribution in [3.63, 3.8) is 0 Å². The number of carbonyl (C=O) groups is 1. The minimum absolute atomic E-state index is 0.222. The number of benzene rings is 3. The Kier molecular flexibility index (Phi) is 4.52. The van der Waals surface area contributed by atoms with Gasteiger partial charge in [0, 0.05) is 16.8 Å². The van der Waals surface area contributed by atoms with Crippen molar-refractivity contribution in [1.29, 1.82) is 0 Å². The molecule has 0 atom stereocenters. The van der Waals surface area contributed by atoms with Gasteiger partial charge in [-0.1, -0.05) is 42.5 Å². The van der Waals surface area contributed by atoms with Gasteiger partial charge in [-0.15, -0.1) is 0 Å². The lowest BCUT2D eigenvalue weighted by Crippen LogP contribution is -2.25. The molecule has 0 saturated heterocycles. The van der Waals surface area contributed by atoms with Crippen molar-refractivity contribution in [2.75, 3.05) is 16.3 Å². The van der Waals surface area contributed by atoms with Gasteiger partial charge in [0.05, 0.1) is 17.9 Å². The maximum absolute atomic E-state index is 13.2. The molecule has 2 N–H and O–H groups in total. The standard InChI is InChI=1S/C21H18N2O4S/c1-28(25,26)23-15-8-6-7-14(13-15)22-21(24)20-16-9-2-4-11-18(16)27-19-12-5-3-10-17(19)20/h2-13,20,23H,1H3,(H,22,24). The molecule has 0 radical (unpaired) electrons. The number of rotatable bonds is 4. The van der Waals surface area contributed by atoms with E-state index < -0.39 is 15.9 Å². The molecule has 7 heteroatoms. The number of ether oxygens (including phenoxy) is 1. The maximum Gasteiger partial charge on any atom is 0.236 e. The zero-order valence-electron chi connectivity index (χ0n) is 15.0. The summed E-state index contributed by atoms with van der Waals surface area (Å²) in [5.74, 6) is 0.537. The summed E-state index contributed by atoms with van der Waals surface area (Å²) >= 11 is 0. The van der Waals surface area contributed by atoms with Crippen LogP contribution in [0.25, 0.3) is 0 Å². The Hall–Kier alpha value is -3.32. The van der Waals surface area contributed by atoms with Crippen LogP contribution in [0.15, 0.2) is 72.8 Å². The van der Waals surface area contributed by atoms with Crippen molar-refractivity contribution >= 4 is 27.3 Å². The van der Waals surface area contributed by atoms with Gasteiger partial charge in [-0.3, -0.25) is 9.52 Å². The minimum Gasteiger partial charge on any atom is -0.457 e. The van der Waals surface area contributed by atoms with Crippen molar-refractivity contribution in [1.82, 2.24) is 0 Å². The van der Waals surface area contributed by atoms with Crippen molar-refractivity contribution in [2.45, 2.75) is 5.92 Å². The number of hydrogen-bond donors (Lipinski definition) is 2. The van der Waals surface area contributed by atoms with Gasteiger partial charge in [0.25, 0.3) is 0 Å². The number of fused-ring (bicyclic) bond motifs is 2. The zero-order chi connectivity index (χ0) is 19.7. The molecule has 6 nitrogen and oxygen atoms in total. The first-order valence-corrected chi connectivity index (χ1v) is 10.5. The summed E-state index contributed by atoms with van der Waals surface area (Å²) in [5.41, 5.74) is 2.45. The van der Waals surface area contributed by atoms with E-state index in [0.29, 0.717) is 22.9 Å². The molecule has 4 rings (SSSR count). The van der Waals surface area contributed by atoms with E-state index >= 15 is 0 Å². The maximum atomic E-state index is 13.2. The van der Waals surface area contributed by atoms with E-state index in [9.17, 15) is 13.2 Å². The Labute approximate surface area is 163 Å². The van der Waals surface area contributed by atoms with Crippen LogP contribution < -0.4 is 14.8 Å². The van der Waals surface area contributed by atoms with Crippen LogP contribution in [0.4, 0.5) is 11.4 Å². The number of hydrogen-bond acceptors (Lipinski definition) is 4. The van der Waals surface area contributed by atoms with Crippen LogP contribution in [0.2, 0.25) is 0 Å². The molecule has 0 bridgehead atoms. The zero-order valence-corrected chi connectivity index (χ0v) is 15.9. The summed E-state index contributed by atoms with van der Waals surface area (Å²) in [6, 6.07) is 21.5. The lowest BCUT2D eigenvalue weighted by atomic mass is 9.87. The number of anilines is 2. The van der Waals surface area contributed by atoms with E-state index in [2.05, 4.69) is 10.0 Å². The molecule has 1 heterocycles. The lowest BCUT2D eigenvalue weighted by Gasteiger charge is -2.27. The molecule has 0 aliphatic carbocycles. The molecule has 0 aromatic heterocycles. The first-order chi connectivity index (χ1) is 13.4. The summed E-state index contributed by atoms with van der Waals surface area (Å²) in [7, 11) is -3.40. The number of para-hydroxylation sites is 2. The van der Waals surface area contributed by atoms with Crippen LogP contribution in [0, 0.1) is 0 Å². The Bertz CT molecular complexity index is 1110. The predicted molar refractivity (Wildman–Crippen MR) is 108 cm³/mol. The quantitative estimate of drug-likeness (QED) is 0.702. The van der Waals surface area contributed by atoms with Crippen molar-refractivity contribution in [3.05, 3.63) is 83.9 Å². The van der Waals surface area contributed by atoms with Crippen molar-refractivity contribution in [3.8, 4) is 11.5 Å². The van der Waals surface area contributed by atoms with Gasteiger partial charge in [-0.2, -0.15) is 0 Å². The third-order valence-electron chi connectivity index (χ3n) is 4.38. The first-order valence-electron chi connectivity index (χ1n) is 8.65. The molecule has 0 fully saturated rings. The van der Waals surface area contributed by atoms with E-state index in [1.54, 1.807) is 24.3 Å². The second-order valence-electron chi connectivity index (χ2n) is 6.56. The molecule has 1 aliphatic heterocycles. The number of nitrogens with one attached hydrogen (secondary N) is 2. The van der Waals surface area contributed by atoms with Gasteiger partial charge in [-0.05, 0) is 30.3 Å². The molecule has 3 aromatic carbocycles. The van der Waals surface area contributed by atoms with Gasteiger partial charge in [0.1, 0.15) is 11.5 Å². The summed E-state index contributed by atoms with van der Waals surface area (Å²) in [4.78, 5) is 13.2. The molecule has 1 amide bonds. The summed E-state index contributed by atoms with van der Waals surface area (Å²) in [6.45, 7) is 0. The van der Waals surface area contributed by atoms with Crippen LogP contribution in [0.1, 0.15) is 17.0 Å². The molecule has 0 unspecified atom stereocenters. The fourth-order valence-electron chi connectivity index (χ4n) is 3.28. The smallest absolute Gasteiger partial charge is 0.236 e. The van der Waals surface area contributed by atoms with Gasteiger partial charge < -0.3 is 10.1 Å². The molecular weight excluding hydrogens is 376 g/mol. The highest BCUT2D eigenvalue weighted by Crippen LogP contribution is 2.44. The van der Waals surface area contributed by atoms with E-state index in [-0.39, 0.29) is 5.91 Å². The Morgan fingerprint density at radius 2 is 1.43 bits per heavy atom. The Balaban J connectivity index is 1.67. The third-order valence-corrected chi connectivity index (χ3v) is 4.98. The number of sulfonamides is 1. The fourth-order valence-corrected chi connectivity index (χ4v) is 3.84. The van der Waals surface area contributed by atoms with Gasteiger partial charge in [0.2, 0.25) is 15.9 Å². The SMILES string of the molecule is CS(=O)(=O)Nc1cccc(NC(=O)C2c3ccccc3Oc3ccccc32)c1. The van der Waals surface area contributed by atoms with Crippen LogP contribution >= 0.6 is 0 Å². The topological polar surface area (TPSA) is 84.5 Å². The lowest BCUT2D eigenvalue weighted by molar-refractivity contribution is -0.116. The molecular formula is C21H18N2O4S. The van der Waals surface area contributed by atoms with Crippen molar-refractivity contribution in [2.24, 2.45) is 0 Å². The molecule has 0 spiro atoms. The molecule has 142 valence electrons. The van der Waals surface area contributed by atoms with E-state index in [4.69, 9.17) is 4.74 Å². The average Bonchev–Trinajstić information content (AvgIpc) is 2.64. The Morgan fingerprint density at radius 1 is 0.857 bits per heavy atom. The van der Waals surface area contributed by atoms with Gasteiger partial charge >= 0.3 is 0 Å². The normalized spacial score (nSPS) is 13.0. The summed E-state index contributed by atoms with van der Waals surface area (Å²) in [5, 5.41) is 2.89. The van der Waals surface area contributed by atoms with E-state index in [1.807, 2.05) is 48.5 Å². The number of carbonyl (C=O) groups excluding carboxylic acids is 1. The molecule has 3 aromatic rings. The second-order valence-corrected chi connectivity index (χ2v) is 8.30. The van der Waals surface area contributed by atoms with E-state index in [1.165, 1.54) is 0 Å². The average molecular weight is 394 g/mol. The van der Waals surface area contributed by atoms with Crippen molar-refractivity contribution < 1.29 is 17.9 Å². The third kappa shape index (κ3) is 3.70. The molecule has 1 aliphatic rings. The number of amides is 1. The highest BCUT2D eigenvalue weighted by Gasteiger charge is 2.32. The molecule has 28 heavy (non-hydrogen) atoms. The summed E-state index contributed by atoms with van der Waals surface area (Å²) in [6.07, 6.45) is 1.08. The largest absolute Gasteiger partial charge is 0.457 e. The van der Waals surface area contributed by atoms with E-state index in [0.717, 1.165) is 17.4 Å². The minimum atomic E-state index is -3.40. The summed E-state index contributed by atoms with van der Waals surface area (Å²) < 4.78 is 31.2. The molecule has 0 saturated carbocycles.